The predicted octanol–water partition coefficient (Wildman–Crippen LogP) is 14.3. The molecular weight excluding hydrogens is 701 g/mol. The molecule has 0 unspecified atom stereocenters. The van der Waals surface area contributed by atoms with Gasteiger partial charge in [0, 0.05) is 5.56 Å². The summed E-state index contributed by atoms with van der Waals surface area (Å²) >= 11 is 0. The Hall–Kier alpha value is -7.55. The van der Waals surface area contributed by atoms with Crippen molar-refractivity contribution in [1.82, 2.24) is 0 Å². The van der Waals surface area contributed by atoms with E-state index in [-0.39, 0.29) is 0 Å². The summed E-state index contributed by atoms with van der Waals surface area (Å²) in [5, 5.41) is 9.94. The molecule has 0 aliphatic carbocycles. The lowest BCUT2D eigenvalue weighted by atomic mass is 9.84. The molecule has 58 heavy (non-hydrogen) atoms. The number of aliphatic imine (C=N–C) groups is 1. The molecule has 0 bridgehead atoms. The minimum atomic E-state index is 0.488. The molecule has 0 aromatic heterocycles. The Bertz CT molecular complexity index is 3160. The van der Waals surface area contributed by atoms with Crippen LogP contribution in [0.3, 0.4) is 0 Å². The monoisotopic (exact) mass is 740 g/mol. The van der Waals surface area contributed by atoms with Gasteiger partial charge in [-0.2, -0.15) is 0 Å². The average Bonchev–Trinajstić information content (AvgIpc) is 3.30. The van der Waals surface area contributed by atoms with E-state index in [9.17, 15) is 0 Å². The van der Waals surface area contributed by atoms with E-state index in [0.717, 1.165) is 22.4 Å². The van der Waals surface area contributed by atoms with Crippen molar-refractivity contribution in [2.45, 2.75) is 6.42 Å². The van der Waals surface area contributed by atoms with Gasteiger partial charge in [-0.3, -0.25) is 0 Å². The number of nitrogens with zero attached hydrogens (tertiary/aromatic N) is 1. The Balaban J connectivity index is 1.07. The Kier molecular flexibility index (Phi) is 9.13. The highest BCUT2D eigenvalue weighted by atomic mass is 14.9. The van der Waals surface area contributed by atoms with Crippen molar-refractivity contribution < 1.29 is 0 Å². The van der Waals surface area contributed by atoms with Crippen LogP contribution in [0, 0.1) is 0 Å². The summed E-state index contributed by atoms with van der Waals surface area (Å²) in [6, 6.07) is 75.8. The van der Waals surface area contributed by atoms with Gasteiger partial charge < -0.3 is 5.73 Å². The fourth-order valence-electron chi connectivity index (χ4n) is 8.42. The van der Waals surface area contributed by atoms with Crippen LogP contribution in [-0.4, -0.2) is 5.84 Å². The van der Waals surface area contributed by atoms with Gasteiger partial charge in [-0.25, -0.2) is 4.99 Å². The van der Waals surface area contributed by atoms with Crippen molar-refractivity contribution >= 4 is 54.6 Å². The number of rotatable bonds is 8. The first-order chi connectivity index (χ1) is 28.7. The Morgan fingerprint density at radius 2 is 0.948 bits per heavy atom. The van der Waals surface area contributed by atoms with Gasteiger partial charge in [0.25, 0.3) is 0 Å². The number of fused-ring (bicyclic) bond motifs is 5. The van der Waals surface area contributed by atoms with Gasteiger partial charge in [0.1, 0.15) is 5.84 Å². The minimum absolute atomic E-state index is 0.488. The van der Waals surface area contributed by atoms with Crippen molar-refractivity contribution in [3.05, 3.63) is 235 Å². The molecule has 10 aromatic rings. The van der Waals surface area contributed by atoms with Gasteiger partial charge in [-0.15, -0.1) is 0 Å². The summed E-state index contributed by atoms with van der Waals surface area (Å²) in [6.45, 7) is 0. The molecule has 2 nitrogen and oxygen atoms in total. The van der Waals surface area contributed by atoms with Crippen LogP contribution >= 0.6 is 0 Å². The van der Waals surface area contributed by atoms with E-state index in [4.69, 9.17) is 10.7 Å². The van der Waals surface area contributed by atoms with Crippen molar-refractivity contribution in [2.75, 3.05) is 0 Å². The maximum Gasteiger partial charge on any atom is 0.131 e. The third-order valence-corrected chi connectivity index (χ3v) is 11.3. The molecule has 0 aliphatic rings. The Labute approximate surface area is 338 Å². The number of nitrogens with two attached hydrogens (primary N) is 1. The summed E-state index contributed by atoms with van der Waals surface area (Å²) in [6.07, 6.45) is 2.91. The molecule has 10 aromatic carbocycles. The van der Waals surface area contributed by atoms with Crippen LogP contribution in [0.15, 0.2) is 223 Å². The highest BCUT2D eigenvalue weighted by Crippen LogP contribution is 2.46. The van der Waals surface area contributed by atoms with Gasteiger partial charge in [-0.1, -0.05) is 212 Å². The summed E-state index contributed by atoms with van der Waals surface area (Å²) in [7, 11) is 0. The largest absolute Gasteiger partial charge is 0.383 e. The molecule has 0 aliphatic heterocycles. The van der Waals surface area contributed by atoms with Crippen molar-refractivity contribution in [3.8, 4) is 33.4 Å². The van der Waals surface area contributed by atoms with Gasteiger partial charge in [0.05, 0.1) is 5.70 Å². The van der Waals surface area contributed by atoms with Crippen molar-refractivity contribution in [2.24, 2.45) is 10.7 Å². The summed E-state index contributed by atoms with van der Waals surface area (Å²) in [5.41, 5.74) is 17.9. The second-order valence-electron chi connectivity index (χ2n) is 14.9. The highest BCUT2D eigenvalue weighted by Gasteiger charge is 2.19. The molecule has 0 heterocycles. The molecule has 274 valence electrons. The smallest absolute Gasteiger partial charge is 0.131 e. The third kappa shape index (κ3) is 6.61. The molecule has 10 rings (SSSR count). The van der Waals surface area contributed by atoms with Gasteiger partial charge >= 0.3 is 0 Å². The quantitative estimate of drug-likeness (QED) is 0.0716. The summed E-state index contributed by atoms with van der Waals surface area (Å²) in [4.78, 5) is 5.07. The summed E-state index contributed by atoms with van der Waals surface area (Å²) < 4.78 is 0. The molecule has 2 N–H and O–H groups in total. The SMILES string of the molecule is NC(=N/C(=C\Cc1ccc(-c2ccc3ccccc3c2)cc1)c1ccc(-c2c3ccccc3c(-c3ccccc3)c3ccc4ccccc4c23)cc1)c1ccccc1. The zero-order valence-electron chi connectivity index (χ0n) is 32.0. The van der Waals surface area contributed by atoms with Gasteiger partial charge in [-0.05, 0) is 100 Å². The number of hydrogen-bond donors (Lipinski definition) is 1. The maximum atomic E-state index is 6.70. The van der Waals surface area contributed by atoms with Crippen LogP contribution in [0.4, 0.5) is 0 Å². The van der Waals surface area contributed by atoms with Gasteiger partial charge in [0.2, 0.25) is 0 Å². The minimum Gasteiger partial charge on any atom is -0.383 e. The fraction of sp³-hybridized carbons (Fsp3) is 0.0179. The Morgan fingerprint density at radius 3 is 1.69 bits per heavy atom. The first-order valence-electron chi connectivity index (χ1n) is 19.9. The number of amidine groups is 1. The van der Waals surface area contributed by atoms with Crippen LogP contribution in [0.2, 0.25) is 0 Å². The normalized spacial score (nSPS) is 12.1. The zero-order chi connectivity index (χ0) is 38.8. The van der Waals surface area contributed by atoms with Crippen LogP contribution in [-0.2, 0) is 6.42 Å². The van der Waals surface area contributed by atoms with Crippen LogP contribution in [0.1, 0.15) is 16.7 Å². The van der Waals surface area contributed by atoms with E-state index in [1.54, 1.807) is 0 Å². The number of allylic oxidation sites excluding steroid dienone is 1. The van der Waals surface area contributed by atoms with E-state index in [0.29, 0.717) is 12.3 Å². The molecule has 0 saturated carbocycles. The fourth-order valence-corrected chi connectivity index (χ4v) is 8.42. The van der Waals surface area contributed by atoms with Crippen LogP contribution < -0.4 is 5.73 Å². The van der Waals surface area contributed by atoms with Crippen LogP contribution in [0.5, 0.6) is 0 Å². The van der Waals surface area contributed by atoms with E-state index >= 15 is 0 Å². The first-order valence-corrected chi connectivity index (χ1v) is 19.9. The first kappa shape index (κ1) is 34.9. The number of hydrogen-bond acceptors (Lipinski definition) is 1. The van der Waals surface area contributed by atoms with Crippen molar-refractivity contribution in [1.29, 1.82) is 0 Å². The third-order valence-electron chi connectivity index (χ3n) is 11.3. The zero-order valence-corrected chi connectivity index (χ0v) is 32.0. The molecule has 0 atom stereocenters. The maximum absolute atomic E-state index is 6.70. The second kappa shape index (κ2) is 15.2. The number of benzene rings is 10. The molecular formula is C56H40N2. The second-order valence-corrected chi connectivity index (χ2v) is 14.9. The lowest BCUT2D eigenvalue weighted by Gasteiger charge is -2.19. The van der Waals surface area contributed by atoms with Crippen LogP contribution in [0.25, 0.3) is 82.2 Å². The lowest BCUT2D eigenvalue weighted by Crippen LogP contribution is -2.13. The van der Waals surface area contributed by atoms with Crippen molar-refractivity contribution in [3.63, 3.8) is 0 Å². The molecule has 0 fully saturated rings. The molecule has 0 radical (unpaired) electrons. The average molecular weight is 741 g/mol. The molecule has 0 spiro atoms. The van der Waals surface area contributed by atoms with Gasteiger partial charge in [0.15, 0.2) is 0 Å². The molecule has 0 amide bonds. The van der Waals surface area contributed by atoms with E-state index in [1.807, 2.05) is 30.3 Å². The van der Waals surface area contributed by atoms with E-state index in [2.05, 4.69) is 188 Å². The highest BCUT2D eigenvalue weighted by molar-refractivity contribution is 6.27. The standard InChI is InChI=1S/C56H40N2/c57-56(45-17-5-2-6-18-45)58-52(36-25-38-23-26-40(27-24-38)47-33-28-39-13-7-8-19-46(39)37-47)42-29-31-44(32-30-42)54-50-22-12-11-21-49(50)53(43-15-3-1-4-16-43)51-35-34-41-14-9-10-20-48(41)55(51)54/h1-24,26-37H,25H2,(H2,57,58)/b52-36-. The topological polar surface area (TPSA) is 38.4 Å². The molecule has 0 saturated heterocycles. The lowest BCUT2D eigenvalue weighted by molar-refractivity contribution is 1.26. The Morgan fingerprint density at radius 1 is 0.397 bits per heavy atom. The summed E-state index contributed by atoms with van der Waals surface area (Å²) in [5.74, 6) is 0.488. The predicted molar refractivity (Wildman–Crippen MR) is 248 cm³/mol. The van der Waals surface area contributed by atoms with E-state index < -0.39 is 0 Å². The molecule has 2 heteroatoms. The van der Waals surface area contributed by atoms with E-state index in [1.165, 1.54) is 76.5 Å².